The van der Waals surface area contributed by atoms with Crippen molar-refractivity contribution in [3.8, 4) is 5.75 Å². The van der Waals surface area contributed by atoms with Crippen molar-refractivity contribution in [1.82, 2.24) is 14.8 Å². The number of carbonyl (C=O) groups excluding carboxylic acids is 1. The highest BCUT2D eigenvalue weighted by Crippen LogP contribution is 2.41. The van der Waals surface area contributed by atoms with Crippen LogP contribution in [0.2, 0.25) is 0 Å². The fraction of sp³-hybridized carbons (Fsp3) is 0.467. The maximum Gasteiger partial charge on any atom is 0.257 e. The first-order valence-corrected chi connectivity index (χ1v) is 13.5. The normalized spacial score (nSPS) is 18.7. The number of nitrogens with zero attached hydrogens (tertiary/aromatic N) is 3. The number of hydrogen-bond donors (Lipinski definition) is 1. The summed E-state index contributed by atoms with van der Waals surface area (Å²) in [6.07, 6.45) is 2.87. The number of pyridine rings is 1. The molecule has 0 radical (unpaired) electrons. The second-order valence-electron chi connectivity index (χ2n) is 11.2. The number of methoxy groups -OCH3 is 1. The summed E-state index contributed by atoms with van der Waals surface area (Å²) in [5.41, 5.74) is 10.2. The second kappa shape index (κ2) is 10.0. The van der Waals surface area contributed by atoms with E-state index in [9.17, 15) is 4.79 Å². The van der Waals surface area contributed by atoms with E-state index < -0.39 is 11.7 Å². The van der Waals surface area contributed by atoms with Crippen LogP contribution in [0.25, 0.3) is 10.9 Å². The third-order valence-corrected chi connectivity index (χ3v) is 8.46. The molecule has 3 aliphatic heterocycles. The maximum absolute atomic E-state index is 15.4. The third-order valence-electron chi connectivity index (χ3n) is 8.46. The number of aromatic nitrogens is 1. The van der Waals surface area contributed by atoms with Crippen molar-refractivity contribution in [2.24, 2.45) is 0 Å². The van der Waals surface area contributed by atoms with Crippen LogP contribution in [-0.4, -0.2) is 66.2 Å². The number of hydrogen-bond acceptors (Lipinski definition) is 7. The number of halogens is 1. The van der Waals surface area contributed by atoms with E-state index in [-0.39, 0.29) is 17.2 Å². The topological polar surface area (TPSA) is 90.2 Å². The Balaban J connectivity index is 1.30. The van der Waals surface area contributed by atoms with E-state index >= 15 is 4.39 Å². The summed E-state index contributed by atoms with van der Waals surface area (Å²) in [7, 11) is 3.74. The molecule has 1 saturated heterocycles. The Morgan fingerprint density at radius 2 is 2.00 bits per heavy atom. The zero-order chi connectivity index (χ0) is 27.3. The van der Waals surface area contributed by atoms with Gasteiger partial charge in [-0.3, -0.25) is 4.79 Å². The van der Waals surface area contributed by atoms with Gasteiger partial charge in [-0.1, -0.05) is 12.1 Å². The second-order valence-corrected chi connectivity index (χ2v) is 11.2. The minimum Gasteiger partial charge on any atom is -0.487 e. The van der Waals surface area contributed by atoms with Crippen LogP contribution >= 0.6 is 0 Å². The molecular formula is C30H35FN4O4. The molecule has 6 rings (SSSR count). The summed E-state index contributed by atoms with van der Waals surface area (Å²) in [5.74, 6) is 0.243. The summed E-state index contributed by atoms with van der Waals surface area (Å²) >= 11 is 0. The van der Waals surface area contributed by atoms with Gasteiger partial charge >= 0.3 is 0 Å². The van der Waals surface area contributed by atoms with Crippen molar-refractivity contribution in [2.75, 3.05) is 39.6 Å². The first-order chi connectivity index (χ1) is 18.8. The smallest absolute Gasteiger partial charge is 0.257 e. The molecule has 1 amide bonds. The molecule has 0 bridgehead atoms. The zero-order valence-corrected chi connectivity index (χ0v) is 22.8. The molecule has 9 heteroatoms. The van der Waals surface area contributed by atoms with Crippen molar-refractivity contribution in [3.05, 3.63) is 64.0 Å². The van der Waals surface area contributed by atoms with Gasteiger partial charge in [0.25, 0.3) is 5.91 Å². The lowest BCUT2D eigenvalue weighted by atomic mass is 9.87. The van der Waals surface area contributed by atoms with Crippen LogP contribution in [0.15, 0.2) is 30.3 Å². The highest BCUT2D eigenvalue weighted by molar-refractivity contribution is 5.99. The van der Waals surface area contributed by atoms with Crippen LogP contribution in [0.1, 0.15) is 52.4 Å². The molecular weight excluding hydrogens is 499 g/mol. The Hall–Kier alpha value is -3.27. The van der Waals surface area contributed by atoms with Crippen molar-refractivity contribution >= 4 is 22.6 Å². The summed E-state index contributed by atoms with van der Waals surface area (Å²) in [5, 5.41) is 0.693. The summed E-state index contributed by atoms with van der Waals surface area (Å²) in [6.45, 7) is 5.33. The lowest BCUT2D eigenvalue weighted by Gasteiger charge is -2.37. The number of fused-ring (bicyclic) bond motifs is 4. The average molecular weight is 535 g/mol. The highest BCUT2D eigenvalue weighted by atomic mass is 19.1. The first kappa shape index (κ1) is 26.0. The van der Waals surface area contributed by atoms with E-state index in [2.05, 4.69) is 23.0 Å². The molecule has 2 N–H and O–H groups in total. The molecule has 3 aliphatic rings. The lowest BCUT2D eigenvalue weighted by Crippen LogP contribution is -2.45. The van der Waals surface area contributed by atoms with E-state index in [1.165, 1.54) is 11.6 Å². The Morgan fingerprint density at radius 3 is 2.77 bits per heavy atom. The zero-order valence-electron chi connectivity index (χ0n) is 22.8. The fourth-order valence-corrected chi connectivity index (χ4v) is 6.16. The molecule has 8 nitrogen and oxygen atoms in total. The number of nitrogen functional groups attached to an aromatic ring is 1. The molecule has 1 atom stereocenters. The SMILES string of the molecule is COC[C@H](C)N(Cc1ccc2c(c1)CC1(CCN(C)CC1)O2)C(=O)c1cc2c3c(c(N)nc2cc1F)COC3. The van der Waals surface area contributed by atoms with Gasteiger partial charge < -0.3 is 29.7 Å². The largest absolute Gasteiger partial charge is 0.487 e. The molecule has 206 valence electrons. The van der Waals surface area contributed by atoms with Crippen LogP contribution in [0.4, 0.5) is 10.2 Å². The average Bonchev–Trinajstić information content (AvgIpc) is 3.54. The number of piperidine rings is 1. The van der Waals surface area contributed by atoms with Gasteiger partial charge in [-0.2, -0.15) is 0 Å². The van der Waals surface area contributed by atoms with Crippen LogP contribution in [-0.2, 0) is 35.7 Å². The Bertz CT molecular complexity index is 1440. The van der Waals surface area contributed by atoms with E-state index in [0.717, 1.165) is 54.8 Å². The van der Waals surface area contributed by atoms with E-state index in [1.807, 2.05) is 19.1 Å². The van der Waals surface area contributed by atoms with Crippen molar-refractivity contribution < 1.29 is 23.4 Å². The Morgan fingerprint density at radius 1 is 1.23 bits per heavy atom. The predicted molar refractivity (Wildman–Crippen MR) is 146 cm³/mol. The summed E-state index contributed by atoms with van der Waals surface area (Å²) in [6, 6.07) is 8.76. The summed E-state index contributed by atoms with van der Waals surface area (Å²) in [4.78, 5) is 22.3. The monoisotopic (exact) mass is 534 g/mol. The molecule has 1 aromatic heterocycles. The van der Waals surface area contributed by atoms with Crippen molar-refractivity contribution in [1.29, 1.82) is 0 Å². The highest BCUT2D eigenvalue weighted by Gasteiger charge is 2.41. The molecule has 0 saturated carbocycles. The van der Waals surface area contributed by atoms with Gasteiger partial charge in [0, 0.05) is 63.0 Å². The molecule has 1 spiro atoms. The number of benzene rings is 2. The van der Waals surface area contributed by atoms with Gasteiger partial charge in [-0.25, -0.2) is 9.37 Å². The van der Waals surface area contributed by atoms with Crippen molar-refractivity contribution in [2.45, 2.75) is 57.6 Å². The molecule has 39 heavy (non-hydrogen) atoms. The number of likely N-dealkylation sites (tertiary alicyclic amines) is 1. The van der Waals surface area contributed by atoms with Crippen LogP contribution in [0.5, 0.6) is 5.75 Å². The number of anilines is 1. The minimum absolute atomic E-state index is 0.000830. The number of carbonyl (C=O) groups is 1. The van der Waals surface area contributed by atoms with Gasteiger partial charge in [0.1, 0.15) is 23.0 Å². The van der Waals surface area contributed by atoms with Gasteiger partial charge in [0.05, 0.1) is 36.9 Å². The van der Waals surface area contributed by atoms with Crippen LogP contribution in [0, 0.1) is 5.82 Å². The van der Waals surface area contributed by atoms with Crippen LogP contribution in [0.3, 0.4) is 0 Å². The molecule has 0 unspecified atom stereocenters. The lowest BCUT2D eigenvalue weighted by molar-refractivity contribution is 0.0271. The first-order valence-electron chi connectivity index (χ1n) is 13.5. The number of nitrogens with two attached hydrogens (primary N) is 1. The van der Waals surface area contributed by atoms with Gasteiger partial charge in [-0.15, -0.1) is 0 Å². The third kappa shape index (κ3) is 4.73. The van der Waals surface area contributed by atoms with Gasteiger partial charge in [0.15, 0.2) is 0 Å². The standard InChI is InChI=1S/C30H35FN4O4/c1-18(15-37-3)35(14-19-4-5-27-20(10-19)13-30(39-27)6-8-34(2)9-7-30)29(36)22-11-21-23-16-38-17-24(23)28(32)33-26(21)12-25(22)31/h4-5,10-12,18H,6-9,13-17H2,1-3H3,(H2,32,33)/t18-/m0/s1. The van der Waals surface area contributed by atoms with E-state index in [4.69, 9.17) is 19.9 Å². The number of amides is 1. The summed E-state index contributed by atoms with van der Waals surface area (Å²) < 4.78 is 32.8. The molecule has 3 aromatic rings. The number of ether oxygens (including phenoxy) is 3. The van der Waals surface area contributed by atoms with Gasteiger partial charge in [0.2, 0.25) is 0 Å². The molecule has 4 heterocycles. The molecule has 2 aromatic carbocycles. The van der Waals surface area contributed by atoms with E-state index in [1.54, 1.807) is 18.1 Å². The van der Waals surface area contributed by atoms with Crippen molar-refractivity contribution in [3.63, 3.8) is 0 Å². The molecule has 0 aliphatic carbocycles. The Kier molecular flexibility index (Phi) is 6.69. The fourth-order valence-electron chi connectivity index (χ4n) is 6.16. The molecule has 1 fully saturated rings. The van der Waals surface area contributed by atoms with Crippen LogP contribution < -0.4 is 10.5 Å². The maximum atomic E-state index is 15.4. The predicted octanol–water partition coefficient (Wildman–Crippen LogP) is 4.06. The van der Waals surface area contributed by atoms with E-state index in [0.29, 0.717) is 43.1 Å². The Labute approximate surface area is 227 Å². The number of rotatable bonds is 6. The van der Waals surface area contributed by atoms with Gasteiger partial charge in [-0.05, 0) is 42.8 Å². The quantitative estimate of drug-likeness (QED) is 0.510. The minimum atomic E-state index is -0.626.